The lowest BCUT2D eigenvalue weighted by Gasteiger charge is -2.32. The maximum Gasteiger partial charge on any atom is 0.100 e. The van der Waals surface area contributed by atoms with Gasteiger partial charge in [0, 0.05) is 6.54 Å². The van der Waals surface area contributed by atoms with E-state index < -0.39 is 0 Å². The smallest absolute Gasteiger partial charge is 0.100 e. The van der Waals surface area contributed by atoms with E-state index in [0.29, 0.717) is 5.92 Å². The maximum absolute atomic E-state index is 5.44. The second-order valence-corrected chi connectivity index (χ2v) is 4.33. The van der Waals surface area contributed by atoms with Gasteiger partial charge in [-0.05, 0) is 13.7 Å². The van der Waals surface area contributed by atoms with Crippen molar-refractivity contribution in [3.63, 3.8) is 0 Å². The predicted molar refractivity (Wildman–Crippen MR) is 43.7 cm³/mol. The lowest BCUT2D eigenvalue weighted by molar-refractivity contribution is 0.226. The van der Waals surface area contributed by atoms with Crippen LogP contribution in [-0.2, 0) is 4.52 Å². The molecule has 3 heteroatoms. The average molecular weight is 157 g/mol. The van der Waals surface area contributed by atoms with Gasteiger partial charge in [0.25, 0.3) is 0 Å². The molecule has 0 aromatic carbocycles. The Bertz CT molecular complexity index is 154. The van der Waals surface area contributed by atoms with Gasteiger partial charge in [-0.15, -0.1) is 6.42 Å². The van der Waals surface area contributed by atoms with Gasteiger partial charge in [0.15, 0.2) is 0 Å². The van der Waals surface area contributed by atoms with Crippen molar-refractivity contribution < 1.29 is 4.52 Å². The van der Waals surface area contributed by atoms with Crippen molar-refractivity contribution >= 4 is 8.30 Å². The van der Waals surface area contributed by atoms with Crippen LogP contribution in [0.3, 0.4) is 0 Å². The van der Waals surface area contributed by atoms with Crippen LogP contribution in [0.15, 0.2) is 0 Å². The molecule has 56 valence electrons. The Morgan fingerprint density at radius 2 is 2.50 bits per heavy atom. The Balaban J connectivity index is 2.42. The summed E-state index contributed by atoms with van der Waals surface area (Å²) in [5, 5.41) is 0. The molecule has 0 aromatic rings. The van der Waals surface area contributed by atoms with Gasteiger partial charge in [-0.1, -0.05) is 5.92 Å². The highest BCUT2D eigenvalue weighted by Gasteiger charge is 2.21. The first-order chi connectivity index (χ1) is 4.74. The summed E-state index contributed by atoms with van der Waals surface area (Å²) in [6, 6.07) is 0. The molecular weight excluding hydrogens is 145 g/mol. The zero-order valence-electron chi connectivity index (χ0n) is 6.37. The first-order valence-electron chi connectivity index (χ1n) is 3.28. The number of rotatable bonds is 0. The van der Waals surface area contributed by atoms with Crippen LogP contribution in [0.5, 0.6) is 0 Å². The molecule has 0 aromatic heterocycles. The molecule has 1 saturated heterocycles. The van der Waals surface area contributed by atoms with Gasteiger partial charge < -0.3 is 4.52 Å². The molecule has 1 rings (SSSR count). The van der Waals surface area contributed by atoms with Crippen LogP contribution < -0.4 is 0 Å². The molecule has 0 amide bonds. The van der Waals surface area contributed by atoms with Crippen molar-refractivity contribution in [2.45, 2.75) is 0 Å². The van der Waals surface area contributed by atoms with Crippen molar-refractivity contribution in [1.29, 1.82) is 0 Å². The van der Waals surface area contributed by atoms with Gasteiger partial charge >= 0.3 is 0 Å². The summed E-state index contributed by atoms with van der Waals surface area (Å²) in [6.07, 6.45) is 5.26. The standard InChI is InChI=1S/C7H12NOP/c1-4-7-5-8(2)10(3)9-6-7/h1,7H,5-6H2,2-3H3. The van der Waals surface area contributed by atoms with Crippen LogP contribution in [0, 0.1) is 18.3 Å². The van der Waals surface area contributed by atoms with Crippen LogP contribution >= 0.6 is 8.30 Å². The fourth-order valence-corrected chi connectivity index (χ4v) is 1.90. The zero-order valence-corrected chi connectivity index (χ0v) is 7.27. The van der Waals surface area contributed by atoms with E-state index in [0.717, 1.165) is 13.2 Å². The van der Waals surface area contributed by atoms with Crippen LogP contribution in [0.2, 0.25) is 0 Å². The first-order valence-corrected chi connectivity index (χ1v) is 4.94. The van der Waals surface area contributed by atoms with Gasteiger partial charge in [-0.2, -0.15) is 0 Å². The molecule has 0 aliphatic carbocycles. The molecule has 0 bridgehead atoms. The van der Waals surface area contributed by atoms with E-state index in [9.17, 15) is 0 Å². The van der Waals surface area contributed by atoms with Crippen molar-refractivity contribution in [3.8, 4) is 12.3 Å². The monoisotopic (exact) mass is 157 g/mol. The SMILES string of the molecule is C#CC1COP(C)N(C)C1. The Hall–Kier alpha value is -0.0900. The van der Waals surface area contributed by atoms with Crippen LogP contribution in [-0.4, -0.2) is 31.5 Å². The van der Waals surface area contributed by atoms with E-state index >= 15 is 0 Å². The lowest BCUT2D eigenvalue weighted by atomic mass is 10.2. The van der Waals surface area contributed by atoms with E-state index in [2.05, 4.69) is 24.3 Å². The summed E-state index contributed by atoms with van der Waals surface area (Å²) in [4.78, 5) is 0. The minimum Gasteiger partial charge on any atom is -0.343 e. The lowest BCUT2D eigenvalue weighted by Crippen LogP contribution is -2.29. The van der Waals surface area contributed by atoms with Crippen LogP contribution in [0.4, 0.5) is 0 Å². The molecule has 10 heavy (non-hydrogen) atoms. The van der Waals surface area contributed by atoms with Crippen molar-refractivity contribution in [3.05, 3.63) is 0 Å². The fourth-order valence-electron chi connectivity index (χ4n) is 0.884. The molecule has 1 fully saturated rings. The van der Waals surface area contributed by atoms with Crippen molar-refractivity contribution in [1.82, 2.24) is 4.67 Å². The highest BCUT2D eigenvalue weighted by Crippen LogP contribution is 2.39. The highest BCUT2D eigenvalue weighted by molar-refractivity contribution is 7.49. The van der Waals surface area contributed by atoms with Gasteiger partial charge in [0.1, 0.15) is 8.30 Å². The zero-order chi connectivity index (χ0) is 7.56. The van der Waals surface area contributed by atoms with Gasteiger partial charge in [-0.25, -0.2) is 0 Å². The number of hydrogen-bond donors (Lipinski definition) is 0. The summed E-state index contributed by atoms with van der Waals surface area (Å²) < 4.78 is 7.63. The minimum absolute atomic E-state index is 0.295. The molecule has 2 nitrogen and oxygen atoms in total. The quantitative estimate of drug-likeness (QED) is 0.386. The molecule has 0 spiro atoms. The topological polar surface area (TPSA) is 12.5 Å². The molecule has 0 N–H and O–H groups in total. The third-order valence-corrected chi connectivity index (χ3v) is 3.31. The second-order valence-electron chi connectivity index (χ2n) is 2.46. The number of terminal acetylenes is 1. The Labute approximate surface area is 63.4 Å². The third-order valence-electron chi connectivity index (χ3n) is 1.66. The van der Waals surface area contributed by atoms with Crippen molar-refractivity contribution in [2.24, 2.45) is 5.92 Å². The Morgan fingerprint density at radius 3 is 3.00 bits per heavy atom. The van der Waals surface area contributed by atoms with Gasteiger partial charge in [0.05, 0.1) is 12.5 Å². The minimum atomic E-state index is -0.347. The molecule has 0 radical (unpaired) electrons. The summed E-state index contributed by atoms with van der Waals surface area (Å²) >= 11 is 0. The normalized spacial score (nSPS) is 35.3. The molecule has 2 atom stereocenters. The maximum atomic E-state index is 5.44. The summed E-state index contributed by atoms with van der Waals surface area (Å²) in [7, 11) is 1.70. The summed E-state index contributed by atoms with van der Waals surface area (Å²) in [5.41, 5.74) is 0. The molecule has 0 saturated carbocycles. The molecule has 1 aliphatic rings. The van der Waals surface area contributed by atoms with Crippen LogP contribution in [0.25, 0.3) is 0 Å². The van der Waals surface area contributed by atoms with E-state index in [-0.39, 0.29) is 8.30 Å². The van der Waals surface area contributed by atoms with Gasteiger partial charge in [-0.3, -0.25) is 4.67 Å². The van der Waals surface area contributed by atoms with Gasteiger partial charge in [0.2, 0.25) is 0 Å². The van der Waals surface area contributed by atoms with E-state index in [4.69, 9.17) is 10.9 Å². The second kappa shape index (κ2) is 3.34. The largest absolute Gasteiger partial charge is 0.343 e. The van der Waals surface area contributed by atoms with E-state index in [1.807, 2.05) is 0 Å². The highest BCUT2D eigenvalue weighted by atomic mass is 31.2. The van der Waals surface area contributed by atoms with E-state index in [1.165, 1.54) is 0 Å². The molecular formula is C7H12NOP. The van der Waals surface area contributed by atoms with E-state index in [1.54, 1.807) is 0 Å². The fraction of sp³-hybridized carbons (Fsp3) is 0.714. The summed E-state index contributed by atoms with van der Waals surface area (Å²) in [6.45, 7) is 3.82. The number of hydrogen-bond acceptors (Lipinski definition) is 2. The third kappa shape index (κ3) is 1.70. The number of nitrogens with zero attached hydrogens (tertiary/aromatic N) is 1. The Kier molecular flexibility index (Phi) is 2.68. The molecule has 1 aliphatic heterocycles. The first kappa shape index (κ1) is 8.01. The summed E-state index contributed by atoms with van der Waals surface area (Å²) in [5.74, 6) is 2.99. The molecule has 1 heterocycles. The average Bonchev–Trinajstić information content (AvgIpc) is 1.95. The van der Waals surface area contributed by atoms with Crippen molar-refractivity contribution in [2.75, 3.05) is 26.9 Å². The molecule has 2 unspecified atom stereocenters. The Morgan fingerprint density at radius 1 is 1.80 bits per heavy atom. The van der Waals surface area contributed by atoms with Crippen LogP contribution in [0.1, 0.15) is 0 Å². The predicted octanol–water partition coefficient (Wildman–Crippen LogP) is 1.14.